The number of anilines is 1. The van der Waals surface area contributed by atoms with E-state index in [-0.39, 0.29) is 24.0 Å². The van der Waals surface area contributed by atoms with Gasteiger partial charge in [-0.2, -0.15) is 0 Å². The second-order valence-corrected chi connectivity index (χ2v) is 11.0. The van der Waals surface area contributed by atoms with Gasteiger partial charge in [0.15, 0.2) is 0 Å². The summed E-state index contributed by atoms with van der Waals surface area (Å²) in [6.45, 7) is 7.60. The van der Waals surface area contributed by atoms with Crippen LogP contribution < -0.4 is 10.2 Å². The minimum Gasteiger partial charge on any atom is -0.444 e. The molecule has 2 aliphatic heterocycles. The monoisotopic (exact) mass is 518 g/mol. The van der Waals surface area contributed by atoms with E-state index in [1.54, 1.807) is 22.0 Å². The van der Waals surface area contributed by atoms with Crippen molar-refractivity contribution in [2.24, 2.45) is 11.8 Å². The number of aromatic nitrogens is 4. The number of carbonyl (C=O) groups excluding carboxylic acids is 2. The molecule has 6 rings (SSSR count). The van der Waals surface area contributed by atoms with Gasteiger partial charge < -0.3 is 19.5 Å². The summed E-state index contributed by atoms with van der Waals surface area (Å²) >= 11 is 0. The van der Waals surface area contributed by atoms with Gasteiger partial charge in [-0.25, -0.2) is 14.3 Å². The number of amides is 2. The van der Waals surface area contributed by atoms with Crippen molar-refractivity contribution in [3.63, 3.8) is 0 Å². The third-order valence-corrected chi connectivity index (χ3v) is 7.29. The molecule has 1 saturated carbocycles. The quantitative estimate of drug-likeness (QED) is 0.527. The Balaban J connectivity index is 1.15. The predicted molar refractivity (Wildman–Crippen MR) is 136 cm³/mol. The van der Waals surface area contributed by atoms with E-state index >= 15 is 0 Å². The van der Waals surface area contributed by atoms with Gasteiger partial charge in [0.1, 0.15) is 11.7 Å². The molecule has 1 aliphatic carbocycles. The normalized spacial score (nSPS) is 26.1. The van der Waals surface area contributed by atoms with Gasteiger partial charge in [-0.3, -0.25) is 9.88 Å². The van der Waals surface area contributed by atoms with Crippen LogP contribution in [-0.2, 0) is 26.3 Å². The van der Waals surface area contributed by atoms with Crippen LogP contribution in [0.1, 0.15) is 26.5 Å². The Morgan fingerprint density at radius 2 is 1.87 bits per heavy atom. The minimum atomic E-state index is -0.584. The van der Waals surface area contributed by atoms with E-state index < -0.39 is 17.2 Å². The fourth-order valence-electron chi connectivity index (χ4n) is 5.47. The summed E-state index contributed by atoms with van der Waals surface area (Å²) in [7, 11) is 0. The standard InChI is InChI=1S/C27H30N6O5/c1-26(2,3)38-24(34)30-27(21-15-36-16-22(21)27)23-9-6-18(12-28-23)17-4-7-19(8-5-17)33-14-20(37-25(33)35)13-32-11-10-29-31-32/h4-12,20-22H,13-16H2,1-3H3,(H,30,34)/t20-,21+,22?,27?/m0/s1. The van der Waals surface area contributed by atoms with Gasteiger partial charge in [-0.1, -0.05) is 23.4 Å². The molecule has 2 amide bonds. The fraction of sp³-hybridized carbons (Fsp3) is 0.444. The van der Waals surface area contributed by atoms with E-state index in [0.29, 0.717) is 26.3 Å². The van der Waals surface area contributed by atoms with Gasteiger partial charge >= 0.3 is 12.2 Å². The van der Waals surface area contributed by atoms with Crippen molar-refractivity contribution in [2.45, 2.75) is 44.6 Å². The molecule has 1 N–H and O–H groups in total. The highest BCUT2D eigenvalue weighted by atomic mass is 16.6. The van der Waals surface area contributed by atoms with Crippen molar-refractivity contribution >= 4 is 17.9 Å². The topological polar surface area (TPSA) is 121 Å². The molecule has 2 unspecified atom stereocenters. The summed E-state index contributed by atoms with van der Waals surface area (Å²) in [4.78, 5) is 31.4. The molecular weight excluding hydrogens is 488 g/mol. The van der Waals surface area contributed by atoms with E-state index in [1.807, 2.05) is 63.4 Å². The van der Waals surface area contributed by atoms with E-state index in [2.05, 4.69) is 15.6 Å². The van der Waals surface area contributed by atoms with Gasteiger partial charge in [-0.05, 0) is 44.5 Å². The third-order valence-electron chi connectivity index (χ3n) is 7.29. The van der Waals surface area contributed by atoms with Gasteiger partial charge in [0.05, 0.1) is 43.7 Å². The highest BCUT2D eigenvalue weighted by Gasteiger charge is 2.70. The largest absolute Gasteiger partial charge is 0.444 e. The Hall–Kier alpha value is -3.99. The zero-order chi connectivity index (χ0) is 26.5. The van der Waals surface area contributed by atoms with Crippen LogP contribution in [0.2, 0.25) is 0 Å². The molecule has 2 aromatic heterocycles. The number of benzene rings is 1. The summed E-state index contributed by atoms with van der Waals surface area (Å²) < 4.78 is 18.3. The third kappa shape index (κ3) is 4.47. The highest BCUT2D eigenvalue weighted by Crippen LogP contribution is 2.60. The van der Waals surface area contributed by atoms with Crippen LogP contribution in [0.4, 0.5) is 15.3 Å². The number of carbonyl (C=O) groups is 2. The maximum absolute atomic E-state index is 12.6. The average Bonchev–Trinajstić information content (AvgIpc) is 3.42. The maximum atomic E-state index is 12.6. The van der Waals surface area contributed by atoms with Crippen LogP contribution in [0, 0.1) is 11.8 Å². The predicted octanol–water partition coefficient (Wildman–Crippen LogP) is 3.36. The molecule has 1 aromatic carbocycles. The van der Waals surface area contributed by atoms with E-state index in [1.165, 1.54) is 0 Å². The number of fused-ring (bicyclic) bond motifs is 1. The van der Waals surface area contributed by atoms with Crippen LogP contribution in [0.5, 0.6) is 0 Å². The first-order valence-corrected chi connectivity index (χ1v) is 12.7. The van der Waals surface area contributed by atoms with Crippen LogP contribution in [0.3, 0.4) is 0 Å². The summed E-state index contributed by atoms with van der Waals surface area (Å²) in [6, 6.07) is 11.7. The van der Waals surface area contributed by atoms with Crippen LogP contribution in [-0.4, -0.2) is 63.6 Å². The molecule has 0 spiro atoms. The first-order valence-electron chi connectivity index (χ1n) is 12.7. The van der Waals surface area contributed by atoms with Crippen molar-refractivity contribution in [1.82, 2.24) is 25.3 Å². The van der Waals surface area contributed by atoms with Crippen molar-refractivity contribution in [3.8, 4) is 11.1 Å². The van der Waals surface area contributed by atoms with Crippen LogP contribution in [0.15, 0.2) is 55.0 Å². The van der Waals surface area contributed by atoms with Crippen molar-refractivity contribution < 1.29 is 23.8 Å². The number of rotatable bonds is 6. The van der Waals surface area contributed by atoms with E-state index in [9.17, 15) is 9.59 Å². The second kappa shape index (κ2) is 9.09. The zero-order valence-electron chi connectivity index (χ0n) is 21.5. The number of hydrogen-bond acceptors (Lipinski definition) is 8. The molecule has 3 fully saturated rings. The number of nitrogens with one attached hydrogen (secondary N) is 1. The average molecular weight is 519 g/mol. The summed E-state index contributed by atoms with van der Waals surface area (Å²) in [5.74, 6) is 0.363. The molecule has 0 radical (unpaired) electrons. The maximum Gasteiger partial charge on any atom is 0.414 e. The van der Waals surface area contributed by atoms with Gasteiger partial charge in [0.25, 0.3) is 0 Å². The Morgan fingerprint density at radius 3 is 2.50 bits per heavy atom. The van der Waals surface area contributed by atoms with Crippen LogP contribution >= 0.6 is 0 Å². The molecule has 3 aromatic rings. The summed E-state index contributed by atoms with van der Waals surface area (Å²) in [6.07, 6.45) is 4.03. The van der Waals surface area contributed by atoms with E-state index in [0.717, 1.165) is 22.5 Å². The number of cyclic esters (lactones) is 1. The lowest BCUT2D eigenvalue weighted by molar-refractivity contribution is 0.0447. The number of pyridine rings is 1. The zero-order valence-corrected chi connectivity index (χ0v) is 21.5. The number of nitrogens with zero attached hydrogens (tertiary/aromatic N) is 5. The lowest BCUT2D eigenvalue weighted by atomic mass is 10.0. The lowest BCUT2D eigenvalue weighted by Gasteiger charge is -2.26. The van der Waals surface area contributed by atoms with Gasteiger partial charge in [-0.15, -0.1) is 5.10 Å². The Kier molecular flexibility index (Phi) is 5.82. The molecule has 0 bridgehead atoms. The smallest absolute Gasteiger partial charge is 0.414 e. The molecule has 11 heteroatoms. The number of alkyl carbamates (subject to hydrolysis) is 1. The molecule has 198 valence electrons. The summed E-state index contributed by atoms with van der Waals surface area (Å²) in [5.41, 5.74) is 2.31. The molecule has 11 nitrogen and oxygen atoms in total. The molecular formula is C27H30N6O5. The van der Waals surface area contributed by atoms with Gasteiger partial charge in [0, 0.05) is 35.5 Å². The lowest BCUT2D eigenvalue weighted by Crippen LogP contribution is -2.43. The second-order valence-electron chi connectivity index (χ2n) is 11.0. The fourth-order valence-corrected chi connectivity index (χ4v) is 5.47. The first-order chi connectivity index (χ1) is 18.2. The van der Waals surface area contributed by atoms with E-state index in [4.69, 9.17) is 19.2 Å². The van der Waals surface area contributed by atoms with Crippen molar-refractivity contribution in [3.05, 3.63) is 60.7 Å². The van der Waals surface area contributed by atoms with Crippen molar-refractivity contribution in [1.29, 1.82) is 0 Å². The van der Waals surface area contributed by atoms with Crippen molar-refractivity contribution in [2.75, 3.05) is 24.7 Å². The SMILES string of the molecule is CC(C)(C)OC(=O)NC1(c2ccc(-c3ccc(N4C[C@H](Cn5ccnn5)OC4=O)cc3)cn2)C2COC[C@H]21. The molecule has 38 heavy (non-hydrogen) atoms. The Morgan fingerprint density at radius 1 is 1.13 bits per heavy atom. The molecule has 2 saturated heterocycles. The van der Waals surface area contributed by atoms with Crippen LogP contribution in [0.25, 0.3) is 11.1 Å². The number of hydrogen-bond donors (Lipinski definition) is 1. The Labute approximate surface area is 220 Å². The number of ether oxygens (including phenoxy) is 3. The molecule has 4 heterocycles. The minimum absolute atomic E-state index is 0.182. The molecule has 3 aliphatic rings. The highest BCUT2D eigenvalue weighted by molar-refractivity contribution is 5.90. The summed E-state index contributed by atoms with van der Waals surface area (Å²) in [5, 5.41) is 10.8. The van der Waals surface area contributed by atoms with Gasteiger partial charge in [0.2, 0.25) is 0 Å². The Bertz CT molecular complexity index is 1310. The molecule has 4 atom stereocenters. The first kappa shape index (κ1) is 24.4.